The number of aryl methyl sites for hydroxylation is 1. The number of rotatable bonds is 5. The van der Waals surface area contributed by atoms with Crippen molar-refractivity contribution in [2.75, 3.05) is 6.54 Å². The molecule has 0 aliphatic carbocycles. The van der Waals surface area contributed by atoms with Crippen LogP contribution in [0.4, 0.5) is 13.2 Å². The van der Waals surface area contributed by atoms with Crippen LogP contribution in [0.25, 0.3) is 0 Å². The first-order valence-corrected chi connectivity index (χ1v) is 6.09. The molecule has 0 spiro atoms. The normalized spacial score (nSPS) is 15.9. The number of nitrogens with one attached hydrogen (secondary N) is 1. The summed E-state index contributed by atoms with van der Waals surface area (Å²) in [5.41, 5.74) is 7.00. The lowest BCUT2D eigenvalue weighted by atomic mass is 10.0. The van der Waals surface area contributed by atoms with Crippen molar-refractivity contribution in [2.24, 2.45) is 16.8 Å². The fourth-order valence-corrected chi connectivity index (χ4v) is 1.81. The SMILES string of the molecule is Cc1cccc([C@H](C)NCC(/C(N)=N/O)C(F)(F)F)c1. The van der Waals surface area contributed by atoms with Gasteiger partial charge in [0.05, 0.1) is 0 Å². The van der Waals surface area contributed by atoms with Crippen LogP contribution in [0.2, 0.25) is 0 Å². The fraction of sp³-hybridized carbons (Fsp3) is 0.462. The maximum absolute atomic E-state index is 12.8. The van der Waals surface area contributed by atoms with Gasteiger partial charge < -0.3 is 16.3 Å². The monoisotopic (exact) mass is 289 g/mol. The second kappa shape index (κ2) is 6.60. The lowest BCUT2D eigenvalue weighted by molar-refractivity contribution is -0.155. The Morgan fingerprint density at radius 2 is 2.10 bits per heavy atom. The highest BCUT2D eigenvalue weighted by Crippen LogP contribution is 2.26. The van der Waals surface area contributed by atoms with Crippen LogP contribution in [0.5, 0.6) is 0 Å². The zero-order valence-corrected chi connectivity index (χ0v) is 11.3. The van der Waals surface area contributed by atoms with Crippen molar-refractivity contribution in [1.82, 2.24) is 5.32 Å². The Kier molecular flexibility index (Phi) is 5.38. The van der Waals surface area contributed by atoms with Crippen molar-refractivity contribution in [3.8, 4) is 0 Å². The zero-order valence-electron chi connectivity index (χ0n) is 11.3. The lowest BCUT2D eigenvalue weighted by Gasteiger charge is -2.22. The second-order valence-corrected chi connectivity index (χ2v) is 4.66. The highest BCUT2D eigenvalue weighted by molar-refractivity contribution is 5.83. The van der Waals surface area contributed by atoms with E-state index in [1.165, 1.54) is 0 Å². The van der Waals surface area contributed by atoms with Gasteiger partial charge in [-0.2, -0.15) is 13.2 Å². The molecule has 0 heterocycles. The first-order valence-electron chi connectivity index (χ1n) is 6.09. The number of halogens is 3. The maximum Gasteiger partial charge on any atom is 0.400 e. The molecule has 4 N–H and O–H groups in total. The molecule has 0 saturated carbocycles. The average Bonchev–Trinajstić information content (AvgIpc) is 2.36. The van der Waals surface area contributed by atoms with Gasteiger partial charge in [0.25, 0.3) is 0 Å². The molecule has 2 atom stereocenters. The van der Waals surface area contributed by atoms with Crippen LogP contribution in [0.15, 0.2) is 29.4 Å². The molecule has 4 nitrogen and oxygen atoms in total. The van der Waals surface area contributed by atoms with Crippen LogP contribution in [-0.2, 0) is 0 Å². The third-order valence-corrected chi connectivity index (χ3v) is 3.04. The van der Waals surface area contributed by atoms with Crippen LogP contribution in [-0.4, -0.2) is 23.8 Å². The van der Waals surface area contributed by atoms with Crippen molar-refractivity contribution in [3.05, 3.63) is 35.4 Å². The van der Waals surface area contributed by atoms with Crippen LogP contribution < -0.4 is 11.1 Å². The molecule has 0 radical (unpaired) electrons. The van der Waals surface area contributed by atoms with Crippen LogP contribution in [0, 0.1) is 12.8 Å². The molecule has 0 aliphatic rings. The Morgan fingerprint density at radius 3 is 2.60 bits per heavy atom. The van der Waals surface area contributed by atoms with Crippen molar-refractivity contribution in [2.45, 2.75) is 26.1 Å². The number of amidine groups is 1. The number of alkyl halides is 3. The molecule has 20 heavy (non-hydrogen) atoms. The highest BCUT2D eigenvalue weighted by Gasteiger charge is 2.42. The molecule has 1 aromatic carbocycles. The predicted octanol–water partition coefficient (Wildman–Crippen LogP) is 2.57. The third kappa shape index (κ3) is 4.41. The van der Waals surface area contributed by atoms with Gasteiger partial charge in [0.15, 0.2) is 5.84 Å². The minimum Gasteiger partial charge on any atom is -0.409 e. The van der Waals surface area contributed by atoms with Crippen LogP contribution >= 0.6 is 0 Å². The Bertz CT molecular complexity index is 474. The molecule has 0 aromatic heterocycles. The van der Waals surface area contributed by atoms with E-state index in [-0.39, 0.29) is 6.04 Å². The van der Waals surface area contributed by atoms with Crippen molar-refractivity contribution in [1.29, 1.82) is 0 Å². The van der Waals surface area contributed by atoms with Crippen LogP contribution in [0.3, 0.4) is 0 Å². The quantitative estimate of drug-likeness (QED) is 0.338. The van der Waals surface area contributed by atoms with Gasteiger partial charge in [-0.05, 0) is 19.4 Å². The zero-order chi connectivity index (χ0) is 15.3. The van der Waals surface area contributed by atoms with E-state index in [1.54, 1.807) is 6.92 Å². The Balaban J connectivity index is 2.73. The fourth-order valence-electron chi connectivity index (χ4n) is 1.81. The molecule has 0 fully saturated rings. The molecule has 1 aromatic rings. The first-order chi connectivity index (χ1) is 9.25. The summed E-state index contributed by atoms with van der Waals surface area (Å²) in [6, 6.07) is 7.20. The number of nitrogens with zero attached hydrogens (tertiary/aromatic N) is 1. The number of hydrogen-bond acceptors (Lipinski definition) is 3. The summed E-state index contributed by atoms with van der Waals surface area (Å²) in [6.45, 7) is 3.22. The molecule has 1 unspecified atom stereocenters. The third-order valence-electron chi connectivity index (χ3n) is 3.04. The summed E-state index contributed by atoms with van der Waals surface area (Å²) in [5.74, 6) is -2.86. The van der Waals surface area contributed by atoms with Crippen molar-refractivity contribution < 1.29 is 18.4 Å². The van der Waals surface area contributed by atoms with Gasteiger partial charge in [-0.1, -0.05) is 35.0 Å². The molecule has 0 amide bonds. The summed E-state index contributed by atoms with van der Waals surface area (Å²) in [7, 11) is 0. The van der Waals surface area contributed by atoms with E-state index in [1.807, 2.05) is 31.2 Å². The van der Waals surface area contributed by atoms with Gasteiger partial charge in [-0.15, -0.1) is 0 Å². The number of benzene rings is 1. The van der Waals surface area contributed by atoms with Gasteiger partial charge in [0.2, 0.25) is 0 Å². The van der Waals surface area contributed by atoms with E-state index in [4.69, 9.17) is 10.9 Å². The Labute approximate surface area is 115 Å². The molecule has 1 rings (SSSR count). The van der Waals surface area contributed by atoms with Crippen LogP contribution in [0.1, 0.15) is 24.1 Å². The molecule has 112 valence electrons. The van der Waals surface area contributed by atoms with Gasteiger partial charge in [-0.3, -0.25) is 0 Å². The largest absolute Gasteiger partial charge is 0.409 e. The predicted molar refractivity (Wildman–Crippen MR) is 70.6 cm³/mol. The van der Waals surface area contributed by atoms with Crippen molar-refractivity contribution >= 4 is 5.84 Å². The van der Waals surface area contributed by atoms with E-state index < -0.39 is 24.5 Å². The topological polar surface area (TPSA) is 70.6 Å². The summed E-state index contributed by atoms with van der Waals surface area (Å²) < 4.78 is 38.3. The van der Waals surface area contributed by atoms with Gasteiger partial charge in [0.1, 0.15) is 5.92 Å². The number of oxime groups is 1. The van der Waals surface area contributed by atoms with E-state index in [2.05, 4.69) is 10.5 Å². The summed E-state index contributed by atoms with van der Waals surface area (Å²) in [6.07, 6.45) is -4.56. The standard InChI is InChI=1S/C13H18F3N3O/c1-8-4-3-5-10(6-8)9(2)18-7-11(12(17)19-20)13(14,15)16/h3-6,9,11,18,20H,7H2,1-2H3,(H2,17,19)/t9-,11?/m0/s1. The minimum atomic E-state index is -4.56. The highest BCUT2D eigenvalue weighted by atomic mass is 19.4. The molecule has 0 aliphatic heterocycles. The van der Waals surface area contributed by atoms with E-state index >= 15 is 0 Å². The van der Waals surface area contributed by atoms with Gasteiger partial charge in [0, 0.05) is 12.6 Å². The molecule has 7 heteroatoms. The second-order valence-electron chi connectivity index (χ2n) is 4.66. The van der Waals surface area contributed by atoms with E-state index in [0.717, 1.165) is 11.1 Å². The summed E-state index contributed by atoms with van der Waals surface area (Å²) >= 11 is 0. The summed E-state index contributed by atoms with van der Waals surface area (Å²) in [5, 5.41) is 13.6. The van der Waals surface area contributed by atoms with Gasteiger partial charge >= 0.3 is 6.18 Å². The molecule has 0 saturated heterocycles. The Morgan fingerprint density at radius 1 is 1.45 bits per heavy atom. The van der Waals surface area contributed by atoms with E-state index in [0.29, 0.717) is 0 Å². The molecular weight excluding hydrogens is 271 g/mol. The number of hydrogen-bond donors (Lipinski definition) is 3. The summed E-state index contributed by atoms with van der Waals surface area (Å²) in [4.78, 5) is 0. The number of nitrogens with two attached hydrogens (primary N) is 1. The smallest absolute Gasteiger partial charge is 0.400 e. The minimum absolute atomic E-state index is 0.272. The van der Waals surface area contributed by atoms with E-state index in [9.17, 15) is 13.2 Å². The van der Waals surface area contributed by atoms with Gasteiger partial charge in [-0.25, -0.2) is 0 Å². The lowest BCUT2D eigenvalue weighted by Crippen LogP contribution is -2.43. The Hall–Kier alpha value is -1.76. The first kappa shape index (κ1) is 16.3. The molecular formula is C13H18F3N3O. The molecule has 0 bridgehead atoms. The van der Waals surface area contributed by atoms with Crippen molar-refractivity contribution in [3.63, 3.8) is 0 Å². The maximum atomic E-state index is 12.8. The average molecular weight is 289 g/mol.